The maximum Gasteiger partial charge on any atom is 0.191 e. The van der Waals surface area contributed by atoms with E-state index >= 15 is 0 Å². The van der Waals surface area contributed by atoms with E-state index in [1.807, 2.05) is 11.6 Å². The van der Waals surface area contributed by atoms with Gasteiger partial charge < -0.3 is 13.9 Å². The molecule has 0 atom stereocenters. The van der Waals surface area contributed by atoms with Crippen LogP contribution in [0.3, 0.4) is 0 Å². The summed E-state index contributed by atoms with van der Waals surface area (Å²) in [6.45, 7) is 14.1. The molecular weight excluding hydrogens is 282 g/mol. The Bertz CT molecular complexity index is 469. The van der Waals surface area contributed by atoms with Crippen LogP contribution >= 0.6 is 0 Å². The smallest absolute Gasteiger partial charge is 0.191 e. The van der Waals surface area contributed by atoms with Gasteiger partial charge >= 0.3 is 0 Å². The Morgan fingerprint density at radius 1 is 1.26 bits per heavy atom. The van der Waals surface area contributed by atoms with Crippen LogP contribution in [0.4, 0.5) is 0 Å². The van der Waals surface area contributed by atoms with E-state index in [0.717, 1.165) is 26.0 Å². The molecule has 0 saturated carbocycles. The SMILES string of the molecule is C=[N+](C)CCN(C)CC[B-](CC)(CC)n1cc[n+]([B-]CCC)c1. The van der Waals surface area contributed by atoms with E-state index in [-0.39, 0.29) is 0 Å². The summed E-state index contributed by atoms with van der Waals surface area (Å²) in [6.07, 6.45) is 12.2. The summed E-state index contributed by atoms with van der Waals surface area (Å²) in [5, 5.41) is 0. The third kappa shape index (κ3) is 6.17. The fourth-order valence-electron chi connectivity index (χ4n) is 3.28. The fraction of sp³-hybridized carbons (Fsp3) is 0.765. The number of likely N-dealkylation sites (N-methyl/N-ethyl adjacent to an activating group) is 2. The van der Waals surface area contributed by atoms with Crippen LogP contribution in [0.1, 0.15) is 27.2 Å². The van der Waals surface area contributed by atoms with Gasteiger partial charge in [0.1, 0.15) is 20.1 Å². The molecule has 4 nitrogen and oxygen atoms in total. The fourth-order valence-corrected chi connectivity index (χ4v) is 3.28. The first-order valence-electron chi connectivity index (χ1n) is 9.30. The van der Waals surface area contributed by atoms with Crippen molar-refractivity contribution in [1.82, 2.24) is 9.38 Å². The van der Waals surface area contributed by atoms with Crippen molar-refractivity contribution >= 4 is 20.4 Å². The van der Waals surface area contributed by atoms with E-state index in [1.165, 1.54) is 25.4 Å². The summed E-state index contributed by atoms with van der Waals surface area (Å²) < 4.78 is 6.73. The highest BCUT2D eigenvalue weighted by molar-refractivity contribution is 6.78. The average Bonchev–Trinajstić information content (AvgIpc) is 3.02. The number of hydrogen-bond acceptors (Lipinski definition) is 1. The van der Waals surface area contributed by atoms with Crippen LogP contribution in [0, 0.1) is 0 Å². The summed E-state index contributed by atoms with van der Waals surface area (Å²) in [6, 6.07) is 0. The van der Waals surface area contributed by atoms with Gasteiger partial charge in [0.05, 0.1) is 18.9 Å². The molecular formula is C17H36B2N4. The Morgan fingerprint density at radius 2 is 1.96 bits per heavy atom. The molecule has 0 saturated heterocycles. The van der Waals surface area contributed by atoms with Gasteiger partial charge in [-0.1, -0.05) is 34.6 Å². The normalized spacial score (nSPS) is 12.1. The van der Waals surface area contributed by atoms with Gasteiger partial charge in [0.2, 0.25) is 0 Å². The monoisotopic (exact) mass is 318 g/mol. The van der Waals surface area contributed by atoms with Crippen LogP contribution in [-0.4, -0.2) is 68.1 Å². The van der Waals surface area contributed by atoms with Crippen LogP contribution in [0.15, 0.2) is 18.7 Å². The zero-order chi connectivity index (χ0) is 17.3. The van der Waals surface area contributed by atoms with Gasteiger partial charge in [0, 0.05) is 0 Å². The van der Waals surface area contributed by atoms with Crippen LogP contribution in [0.5, 0.6) is 0 Å². The zero-order valence-corrected chi connectivity index (χ0v) is 16.0. The third-order valence-electron chi connectivity index (χ3n) is 5.37. The number of aromatic nitrogens is 2. The van der Waals surface area contributed by atoms with E-state index in [4.69, 9.17) is 0 Å². The molecule has 1 aromatic rings. The molecule has 0 aliphatic rings. The summed E-state index contributed by atoms with van der Waals surface area (Å²) in [4.78, 5) is 2.43. The second-order valence-electron chi connectivity index (χ2n) is 7.18. The van der Waals surface area contributed by atoms with Crippen molar-refractivity contribution in [2.45, 2.75) is 52.5 Å². The maximum atomic E-state index is 3.93. The Balaban J connectivity index is 2.70. The maximum absolute atomic E-state index is 3.93. The molecule has 2 radical (unpaired) electrons. The van der Waals surface area contributed by atoms with Gasteiger partial charge in [-0.3, -0.25) is 0 Å². The van der Waals surface area contributed by atoms with Crippen molar-refractivity contribution in [1.29, 1.82) is 0 Å². The third-order valence-corrected chi connectivity index (χ3v) is 5.37. The van der Waals surface area contributed by atoms with Crippen LogP contribution in [-0.2, 0) is 0 Å². The van der Waals surface area contributed by atoms with Gasteiger partial charge in [0.25, 0.3) is 0 Å². The molecule has 1 rings (SSSR count). The molecule has 1 aromatic heterocycles. The molecule has 23 heavy (non-hydrogen) atoms. The van der Waals surface area contributed by atoms with Crippen LogP contribution in [0.2, 0.25) is 25.3 Å². The number of rotatable bonds is 12. The Kier molecular flexibility index (Phi) is 8.67. The van der Waals surface area contributed by atoms with E-state index in [1.54, 1.807) is 0 Å². The molecule has 0 aliphatic carbocycles. The van der Waals surface area contributed by atoms with Crippen molar-refractivity contribution < 1.29 is 9.05 Å². The standard InChI is InChI=1S/C17H36B2N4/c1-7-10-18-22-15-16-23(17-22)19(8-2,9-3)11-12-21(6)14-13-20(4)5/h15-17H,4,7-14H2,1-3,5-6H3. The van der Waals surface area contributed by atoms with Crippen LogP contribution < -0.4 is 4.48 Å². The van der Waals surface area contributed by atoms with Crippen molar-refractivity contribution in [2.24, 2.45) is 0 Å². The highest BCUT2D eigenvalue weighted by atomic mass is 15.1. The Morgan fingerprint density at radius 3 is 2.52 bits per heavy atom. The molecule has 0 spiro atoms. The molecule has 0 N–H and O–H groups in total. The van der Waals surface area contributed by atoms with Crippen molar-refractivity contribution in [3.8, 4) is 0 Å². The first kappa shape index (κ1) is 20.0. The predicted octanol–water partition coefficient (Wildman–Crippen LogP) is 2.18. The Hall–Kier alpha value is -1.03. The molecule has 0 bridgehead atoms. The first-order chi connectivity index (χ1) is 11.0. The lowest BCUT2D eigenvalue weighted by Crippen LogP contribution is -2.46. The summed E-state index contributed by atoms with van der Waals surface area (Å²) in [7, 11) is 6.53. The highest BCUT2D eigenvalue weighted by Crippen LogP contribution is 2.22. The second-order valence-corrected chi connectivity index (χ2v) is 7.18. The molecule has 130 valence electrons. The zero-order valence-electron chi connectivity index (χ0n) is 16.0. The molecule has 0 aromatic carbocycles. The lowest BCUT2D eigenvalue weighted by Gasteiger charge is -2.36. The van der Waals surface area contributed by atoms with Crippen molar-refractivity contribution in [3.63, 3.8) is 0 Å². The molecule has 0 fully saturated rings. The van der Waals surface area contributed by atoms with Gasteiger partial charge in [-0.05, 0) is 13.6 Å². The van der Waals surface area contributed by atoms with Gasteiger partial charge in [-0.15, -0.1) is 19.0 Å². The van der Waals surface area contributed by atoms with Gasteiger partial charge in [-0.2, -0.15) is 6.32 Å². The van der Waals surface area contributed by atoms with Crippen molar-refractivity contribution in [2.75, 3.05) is 33.7 Å². The first-order valence-corrected chi connectivity index (χ1v) is 9.30. The van der Waals surface area contributed by atoms with Crippen LogP contribution in [0.25, 0.3) is 0 Å². The minimum Gasteiger partial charge on any atom is -0.500 e. The van der Waals surface area contributed by atoms with Gasteiger partial charge in [-0.25, -0.2) is 4.58 Å². The topological polar surface area (TPSA) is 15.1 Å². The van der Waals surface area contributed by atoms with E-state index in [9.17, 15) is 0 Å². The number of nitrogens with zero attached hydrogens (tertiary/aromatic N) is 4. The van der Waals surface area contributed by atoms with Gasteiger partial charge in [0.15, 0.2) is 12.8 Å². The summed E-state index contributed by atoms with van der Waals surface area (Å²) >= 11 is 0. The minimum absolute atomic E-state index is 0.533. The quantitative estimate of drug-likeness (QED) is 0.328. The Labute approximate surface area is 144 Å². The van der Waals surface area contributed by atoms with E-state index < -0.39 is 6.28 Å². The lowest BCUT2D eigenvalue weighted by molar-refractivity contribution is -0.528. The molecule has 0 unspecified atom stereocenters. The van der Waals surface area contributed by atoms with E-state index in [2.05, 4.69) is 74.5 Å². The largest absolute Gasteiger partial charge is 0.500 e. The second kappa shape index (κ2) is 9.96. The predicted molar refractivity (Wildman–Crippen MR) is 103 cm³/mol. The molecule has 0 aliphatic heterocycles. The minimum atomic E-state index is -0.533. The lowest BCUT2D eigenvalue weighted by atomic mass is 9.29. The number of imidazole rings is 1. The molecule has 1 heterocycles. The summed E-state index contributed by atoms with van der Waals surface area (Å²) in [5.41, 5.74) is 0. The summed E-state index contributed by atoms with van der Waals surface area (Å²) in [5.74, 6) is 0. The molecule has 0 amide bonds. The molecule has 6 heteroatoms. The average molecular weight is 318 g/mol. The van der Waals surface area contributed by atoms with Crippen molar-refractivity contribution in [3.05, 3.63) is 18.7 Å². The highest BCUT2D eigenvalue weighted by Gasteiger charge is 2.28. The van der Waals surface area contributed by atoms with E-state index in [0.29, 0.717) is 0 Å². The number of hydrogen-bond donors (Lipinski definition) is 0.